The molecule has 2 rings (SSSR count). The summed E-state index contributed by atoms with van der Waals surface area (Å²) in [4.78, 5) is 11.1. The predicted molar refractivity (Wildman–Crippen MR) is 109 cm³/mol. The van der Waals surface area contributed by atoms with Crippen LogP contribution in [0.15, 0.2) is 53.7 Å². The van der Waals surface area contributed by atoms with Crippen molar-refractivity contribution >= 4 is 5.96 Å². The van der Waals surface area contributed by atoms with Crippen molar-refractivity contribution in [2.24, 2.45) is 4.99 Å². The molecule has 0 aliphatic heterocycles. The van der Waals surface area contributed by atoms with Crippen LogP contribution in [-0.4, -0.2) is 42.5 Å². The van der Waals surface area contributed by atoms with Crippen molar-refractivity contribution in [3.63, 3.8) is 0 Å². The molecule has 1 heterocycles. The summed E-state index contributed by atoms with van der Waals surface area (Å²) in [6, 6.07) is 14.6. The fourth-order valence-corrected chi connectivity index (χ4v) is 2.83. The molecule has 1 aromatic carbocycles. The van der Waals surface area contributed by atoms with Gasteiger partial charge in [0, 0.05) is 45.0 Å². The van der Waals surface area contributed by atoms with Gasteiger partial charge in [-0.3, -0.25) is 14.9 Å². The number of pyridine rings is 1. The summed E-state index contributed by atoms with van der Waals surface area (Å²) in [6.45, 7) is 9.09. The van der Waals surface area contributed by atoms with Crippen molar-refractivity contribution in [2.75, 3.05) is 26.7 Å². The minimum atomic E-state index is 0.765. The first-order valence-electron chi connectivity index (χ1n) is 9.40. The average Bonchev–Trinajstić information content (AvgIpc) is 2.70. The molecule has 0 saturated heterocycles. The molecule has 2 N–H and O–H groups in total. The number of benzene rings is 1. The lowest BCUT2D eigenvalue weighted by atomic mass is 10.1. The van der Waals surface area contributed by atoms with Gasteiger partial charge < -0.3 is 10.6 Å². The fourth-order valence-electron chi connectivity index (χ4n) is 2.83. The van der Waals surface area contributed by atoms with Gasteiger partial charge >= 0.3 is 0 Å². The van der Waals surface area contributed by atoms with E-state index in [-0.39, 0.29) is 0 Å². The molecule has 5 heteroatoms. The molecule has 2 aromatic rings. The quantitative estimate of drug-likeness (QED) is 0.538. The van der Waals surface area contributed by atoms with E-state index in [9.17, 15) is 0 Å². The van der Waals surface area contributed by atoms with E-state index >= 15 is 0 Å². The highest BCUT2D eigenvalue weighted by molar-refractivity contribution is 5.79. The van der Waals surface area contributed by atoms with Crippen molar-refractivity contribution in [1.29, 1.82) is 0 Å². The summed E-state index contributed by atoms with van der Waals surface area (Å²) >= 11 is 0. The molecular weight excluding hydrogens is 322 g/mol. The van der Waals surface area contributed by atoms with Crippen LogP contribution in [0.1, 0.15) is 30.7 Å². The second-order valence-electron chi connectivity index (χ2n) is 6.15. The first kappa shape index (κ1) is 19.9. The van der Waals surface area contributed by atoms with Crippen molar-refractivity contribution in [2.45, 2.75) is 33.4 Å². The highest BCUT2D eigenvalue weighted by Gasteiger charge is 2.07. The van der Waals surface area contributed by atoms with Crippen LogP contribution in [0.3, 0.4) is 0 Å². The summed E-state index contributed by atoms with van der Waals surface area (Å²) in [5, 5.41) is 6.78. The van der Waals surface area contributed by atoms with Gasteiger partial charge in [-0.1, -0.05) is 44.2 Å². The van der Waals surface area contributed by atoms with Gasteiger partial charge in [-0.2, -0.15) is 0 Å². The van der Waals surface area contributed by atoms with Gasteiger partial charge in [0.05, 0.1) is 0 Å². The Morgan fingerprint density at radius 2 is 1.73 bits per heavy atom. The van der Waals surface area contributed by atoms with Crippen LogP contribution in [0.5, 0.6) is 0 Å². The number of hydrogen-bond donors (Lipinski definition) is 2. The largest absolute Gasteiger partial charge is 0.356 e. The lowest BCUT2D eigenvalue weighted by molar-refractivity contribution is 0.295. The van der Waals surface area contributed by atoms with Crippen LogP contribution in [0, 0.1) is 0 Å². The first-order valence-corrected chi connectivity index (χ1v) is 9.40. The van der Waals surface area contributed by atoms with Crippen molar-refractivity contribution < 1.29 is 0 Å². The molecule has 0 bridgehead atoms. The topological polar surface area (TPSA) is 52.5 Å². The van der Waals surface area contributed by atoms with Crippen molar-refractivity contribution in [3.8, 4) is 0 Å². The molecule has 26 heavy (non-hydrogen) atoms. The molecule has 1 aromatic heterocycles. The second kappa shape index (κ2) is 11.3. The van der Waals surface area contributed by atoms with Gasteiger partial charge in [0.1, 0.15) is 0 Å². The molecule has 0 spiro atoms. The summed E-state index contributed by atoms with van der Waals surface area (Å²) < 4.78 is 0. The lowest BCUT2D eigenvalue weighted by Gasteiger charge is -2.20. The molecular formula is C21H31N5. The number of aliphatic imine (C=N–C) groups is 1. The van der Waals surface area contributed by atoms with E-state index in [1.54, 1.807) is 7.05 Å². The van der Waals surface area contributed by atoms with Crippen LogP contribution >= 0.6 is 0 Å². The van der Waals surface area contributed by atoms with E-state index in [1.165, 1.54) is 11.1 Å². The maximum atomic E-state index is 4.35. The van der Waals surface area contributed by atoms with Crippen LogP contribution in [0.4, 0.5) is 0 Å². The molecule has 0 saturated carbocycles. The molecule has 0 fully saturated rings. The number of rotatable bonds is 9. The third-order valence-electron chi connectivity index (χ3n) is 4.48. The van der Waals surface area contributed by atoms with Gasteiger partial charge in [0.15, 0.2) is 5.96 Å². The number of guanidine groups is 1. The number of nitrogens with zero attached hydrogens (tertiary/aromatic N) is 3. The van der Waals surface area contributed by atoms with Gasteiger partial charge in [0.2, 0.25) is 0 Å². The van der Waals surface area contributed by atoms with Gasteiger partial charge in [-0.05, 0) is 36.3 Å². The maximum Gasteiger partial charge on any atom is 0.191 e. The first-order chi connectivity index (χ1) is 12.8. The van der Waals surface area contributed by atoms with Gasteiger partial charge in [-0.15, -0.1) is 0 Å². The number of aromatic nitrogens is 1. The highest BCUT2D eigenvalue weighted by atomic mass is 15.2. The Balaban J connectivity index is 1.86. The lowest BCUT2D eigenvalue weighted by Crippen LogP contribution is -2.38. The van der Waals surface area contributed by atoms with Crippen molar-refractivity contribution in [3.05, 3.63) is 65.5 Å². The number of hydrogen-bond acceptors (Lipinski definition) is 3. The molecule has 0 aliphatic rings. The predicted octanol–water partition coefficient (Wildman–Crippen LogP) is 2.83. The second-order valence-corrected chi connectivity index (χ2v) is 6.15. The Morgan fingerprint density at radius 3 is 2.38 bits per heavy atom. The van der Waals surface area contributed by atoms with E-state index in [4.69, 9.17) is 0 Å². The van der Waals surface area contributed by atoms with Crippen LogP contribution in [-0.2, 0) is 19.5 Å². The van der Waals surface area contributed by atoms with E-state index in [0.29, 0.717) is 0 Å². The minimum absolute atomic E-state index is 0.765. The van der Waals surface area contributed by atoms with E-state index < -0.39 is 0 Å². The Bertz CT molecular complexity index is 665. The highest BCUT2D eigenvalue weighted by Crippen LogP contribution is 2.11. The van der Waals surface area contributed by atoms with Crippen molar-refractivity contribution in [1.82, 2.24) is 20.5 Å². The normalized spacial score (nSPS) is 11.6. The summed E-state index contributed by atoms with van der Waals surface area (Å²) in [5.74, 6) is 0.818. The maximum absolute atomic E-state index is 4.35. The average molecular weight is 354 g/mol. The zero-order chi connectivity index (χ0) is 18.6. The molecule has 0 aliphatic carbocycles. The molecule has 0 radical (unpaired) electrons. The zero-order valence-corrected chi connectivity index (χ0v) is 16.2. The third-order valence-corrected chi connectivity index (χ3v) is 4.48. The molecule has 5 nitrogen and oxygen atoms in total. The molecule has 0 atom stereocenters. The fraction of sp³-hybridized carbons (Fsp3) is 0.429. The monoisotopic (exact) mass is 353 g/mol. The van der Waals surface area contributed by atoms with Crippen LogP contribution < -0.4 is 10.6 Å². The van der Waals surface area contributed by atoms with E-state index in [1.807, 2.05) is 24.4 Å². The summed E-state index contributed by atoms with van der Waals surface area (Å²) in [6.07, 6.45) is 2.70. The minimum Gasteiger partial charge on any atom is -0.356 e. The SMILES string of the molecule is CCN(CC)Cc1ccccc1CNC(=NC)NCCc1ccccn1. The van der Waals surface area contributed by atoms with Gasteiger partial charge in [0.25, 0.3) is 0 Å². The molecule has 0 amide bonds. The standard InChI is InChI=1S/C21H31N5/c1-4-26(5-2)17-19-11-7-6-10-18(19)16-25-21(22-3)24-15-13-20-12-8-9-14-23-20/h6-12,14H,4-5,13,15-17H2,1-3H3,(H2,22,24,25). The number of nitrogens with one attached hydrogen (secondary N) is 2. The van der Waals surface area contributed by atoms with E-state index in [0.717, 1.165) is 50.8 Å². The smallest absolute Gasteiger partial charge is 0.191 e. The van der Waals surface area contributed by atoms with Crippen LogP contribution in [0.25, 0.3) is 0 Å². The molecule has 140 valence electrons. The zero-order valence-electron chi connectivity index (χ0n) is 16.2. The third kappa shape index (κ3) is 6.48. The summed E-state index contributed by atoms with van der Waals surface area (Å²) in [7, 11) is 1.80. The van der Waals surface area contributed by atoms with Crippen LogP contribution in [0.2, 0.25) is 0 Å². The van der Waals surface area contributed by atoms with Gasteiger partial charge in [-0.25, -0.2) is 0 Å². The molecule has 0 unspecified atom stereocenters. The Kier molecular flexibility index (Phi) is 8.63. The Hall–Kier alpha value is -2.40. The Morgan fingerprint density at radius 1 is 1.00 bits per heavy atom. The van der Waals surface area contributed by atoms with E-state index in [2.05, 4.69) is 63.6 Å². The Labute approximate surface area is 157 Å². The summed E-state index contributed by atoms with van der Waals surface area (Å²) in [5.41, 5.74) is 3.76.